The van der Waals surface area contributed by atoms with E-state index in [1.807, 2.05) is 0 Å². The van der Waals surface area contributed by atoms with Crippen LogP contribution in [0, 0.1) is 6.92 Å². The fourth-order valence-electron chi connectivity index (χ4n) is 4.44. The number of hydrogen-bond donors (Lipinski definition) is 1. The molecule has 0 spiro atoms. The molecule has 2 aromatic rings. The number of nitrogens with zero attached hydrogens (tertiary/aromatic N) is 1. The first-order chi connectivity index (χ1) is 15.9. The Kier molecular flexibility index (Phi) is 7.02. The number of morpholine rings is 1. The van der Waals surface area contributed by atoms with Crippen molar-refractivity contribution >= 4 is 29.1 Å². The van der Waals surface area contributed by atoms with E-state index in [9.17, 15) is 14.7 Å². The molecule has 0 bridgehead atoms. The van der Waals surface area contributed by atoms with Gasteiger partial charge in [0.1, 0.15) is 18.8 Å². The van der Waals surface area contributed by atoms with Gasteiger partial charge in [0.25, 0.3) is 5.91 Å². The van der Waals surface area contributed by atoms with Gasteiger partial charge >= 0.3 is 0 Å². The van der Waals surface area contributed by atoms with Crippen molar-refractivity contribution in [1.29, 1.82) is 0 Å². The Bertz CT molecular complexity index is 1080. The minimum Gasteiger partial charge on any atom is -0.872 e. The highest BCUT2D eigenvalue weighted by atomic mass is 35.5. The number of ketones is 1. The highest BCUT2D eigenvalue weighted by Gasteiger charge is 2.44. The second-order valence-electron chi connectivity index (χ2n) is 8.32. The van der Waals surface area contributed by atoms with Crippen molar-refractivity contribution in [2.24, 2.45) is 0 Å². The first-order valence-electron chi connectivity index (χ1n) is 11.0. The van der Waals surface area contributed by atoms with Gasteiger partial charge in [0.2, 0.25) is 5.78 Å². The van der Waals surface area contributed by atoms with Crippen LogP contribution >= 0.6 is 11.6 Å². The maximum Gasteiger partial charge on any atom is 0.295 e. The van der Waals surface area contributed by atoms with E-state index < -0.39 is 23.5 Å². The van der Waals surface area contributed by atoms with Crippen LogP contribution in [0.2, 0.25) is 5.02 Å². The molecular formula is C25H27ClN2O5. The molecule has 2 aromatic carbocycles. The van der Waals surface area contributed by atoms with Crippen LogP contribution in [0.4, 0.5) is 0 Å². The topological polar surface area (TPSA) is 83.3 Å². The number of Topliss-reactive ketones (excluding diaryl/α,β-unsaturated/α-hetero) is 1. The van der Waals surface area contributed by atoms with Crippen molar-refractivity contribution in [2.45, 2.75) is 13.0 Å². The van der Waals surface area contributed by atoms with Crippen molar-refractivity contribution < 1.29 is 29.1 Å². The summed E-state index contributed by atoms with van der Waals surface area (Å²) in [6.07, 6.45) is 0. The van der Waals surface area contributed by atoms with E-state index in [4.69, 9.17) is 21.1 Å². The standard InChI is InChI=1S/C25H27ClN2O5/c1-16-15-19(32-2)7-8-20(16)23(29)21-22(17-3-5-18(26)6-4-17)28(25(31)24(21)30)10-9-27-11-13-33-14-12-27/h3-8,15,22,29H,9-14H2,1-2H3. The number of quaternary nitrogens is 1. The summed E-state index contributed by atoms with van der Waals surface area (Å²) in [6, 6.07) is 11.2. The predicted octanol–water partition coefficient (Wildman–Crippen LogP) is 0.796. The minimum atomic E-state index is -0.753. The van der Waals surface area contributed by atoms with Gasteiger partial charge in [-0.15, -0.1) is 0 Å². The van der Waals surface area contributed by atoms with Crippen LogP contribution in [0.15, 0.2) is 48.0 Å². The van der Waals surface area contributed by atoms with Crippen LogP contribution in [-0.4, -0.2) is 63.1 Å². The molecule has 1 atom stereocenters. The van der Waals surface area contributed by atoms with E-state index >= 15 is 0 Å². The van der Waals surface area contributed by atoms with E-state index in [0.29, 0.717) is 53.8 Å². The van der Waals surface area contributed by atoms with Crippen molar-refractivity contribution in [3.8, 4) is 5.75 Å². The number of amides is 1. The van der Waals surface area contributed by atoms with Gasteiger partial charge in [0, 0.05) is 10.6 Å². The molecule has 1 N–H and O–H groups in total. The summed E-state index contributed by atoms with van der Waals surface area (Å²) in [6.45, 7) is 5.88. The van der Waals surface area contributed by atoms with Crippen molar-refractivity contribution in [3.63, 3.8) is 0 Å². The van der Waals surface area contributed by atoms with E-state index in [1.54, 1.807) is 56.5 Å². The highest BCUT2D eigenvalue weighted by molar-refractivity contribution is 6.46. The molecule has 1 unspecified atom stereocenters. The van der Waals surface area contributed by atoms with Crippen LogP contribution in [0.25, 0.3) is 5.76 Å². The number of hydrogen-bond acceptors (Lipinski definition) is 5. The molecular weight excluding hydrogens is 444 g/mol. The van der Waals surface area contributed by atoms with Gasteiger partial charge in [0.15, 0.2) is 0 Å². The molecule has 8 heteroatoms. The van der Waals surface area contributed by atoms with E-state index in [2.05, 4.69) is 0 Å². The Labute approximate surface area is 198 Å². The molecule has 7 nitrogen and oxygen atoms in total. The molecule has 2 saturated heterocycles. The monoisotopic (exact) mass is 470 g/mol. The number of halogens is 1. The number of rotatable bonds is 6. The highest BCUT2D eigenvalue weighted by Crippen LogP contribution is 2.39. The summed E-state index contributed by atoms with van der Waals surface area (Å²) in [7, 11) is 1.55. The number of methoxy groups -OCH3 is 1. The predicted molar refractivity (Wildman–Crippen MR) is 122 cm³/mol. The number of nitrogens with one attached hydrogen (secondary N) is 1. The van der Waals surface area contributed by atoms with E-state index in [-0.39, 0.29) is 5.57 Å². The van der Waals surface area contributed by atoms with Gasteiger partial charge in [-0.3, -0.25) is 9.59 Å². The molecule has 2 fully saturated rings. The SMILES string of the molecule is COc1ccc(C([O-])=C2C(=O)C(=O)N(CC[NH+]3CCOCC3)C2c2ccc(Cl)cc2)c(C)c1. The second kappa shape index (κ2) is 9.95. The summed E-state index contributed by atoms with van der Waals surface area (Å²) >= 11 is 6.07. The second-order valence-corrected chi connectivity index (χ2v) is 8.75. The maximum absolute atomic E-state index is 13.6. The Morgan fingerprint density at radius 1 is 1.18 bits per heavy atom. The molecule has 2 aliphatic heterocycles. The number of aryl methyl sites for hydroxylation is 1. The molecule has 0 saturated carbocycles. The van der Waals surface area contributed by atoms with Crippen molar-refractivity contribution in [3.05, 3.63) is 69.8 Å². The Morgan fingerprint density at radius 2 is 1.88 bits per heavy atom. The number of ether oxygens (including phenoxy) is 2. The molecule has 1 amide bonds. The number of carbonyl (C=O) groups is 2. The number of likely N-dealkylation sites (tertiary alicyclic amines) is 1. The molecule has 0 aromatic heterocycles. The maximum atomic E-state index is 13.6. The molecule has 4 rings (SSSR count). The zero-order chi connectivity index (χ0) is 23.5. The minimum absolute atomic E-state index is 0.0208. The smallest absolute Gasteiger partial charge is 0.295 e. The molecule has 0 radical (unpaired) electrons. The first kappa shape index (κ1) is 23.3. The first-order valence-corrected chi connectivity index (χ1v) is 11.4. The van der Waals surface area contributed by atoms with Gasteiger partial charge in [0.05, 0.1) is 39.5 Å². The van der Waals surface area contributed by atoms with Crippen LogP contribution < -0.4 is 14.7 Å². The van der Waals surface area contributed by atoms with Crippen LogP contribution in [0.5, 0.6) is 5.75 Å². The third-order valence-corrected chi connectivity index (χ3v) is 6.55. The summed E-state index contributed by atoms with van der Waals surface area (Å²) in [5.41, 5.74) is 1.72. The largest absolute Gasteiger partial charge is 0.872 e. The fraction of sp³-hybridized carbons (Fsp3) is 0.360. The summed E-state index contributed by atoms with van der Waals surface area (Å²) < 4.78 is 10.6. The Morgan fingerprint density at radius 3 is 2.52 bits per heavy atom. The van der Waals surface area contributed by atoms with Gasteiger partial charge in [-0.2, -0.15) is 0 Å². The van der Waals surface area contributed by atoms with Crippen LogP contribution in [0.1, 0.15) is 22.7 Å². The van der Waals surface area contributed by atoms with Crippen molar-refractivity contribution in [1.82, 2.24) is 4.90 Å². The summed E-state index contributed by atoms with van der Waals surface area (Å²) in [4.78, 5) is 29.1. The summed E-state index contributed by atoms with van der Waals surface area (Å²) in [5, 5.41) is 14.1. The lowest BCUT2D eigenvalue weighted by Gasteiger charge is -2.30. The molecule has 33 heavy (non-hydrogen) atoms. The lowest BCUT2D eigenvalue weighted by atomic mass is 9.94. The Hall–Kier alpha value is -2.87. The lowest BCUT2D eigenvalue weighted by molar-refractivity contribution is -0.907. The number of carbonyl (C=O) groups excluding carboxylic acids is 2. The van der Waals surface area contributed by atoms with E-state index in [1.165, 1.54) is 9.80 Å². The molecule has 2 heterocycles. The average Bonchev–Trinajstić information content (AvgIpc) is 3.08. The third-order valence-electron chi connectivity index (χ3n) is 6.30. The normalized spacial score (nSPS) is 20.9. The van der Waals surface area contributed by atoms with E-state index in [0.717, 1.165) is 13.1 Å². The zero-order valence-electron chi connectivity index (χ0n) is 18.7. The average molecular weight is 471 g/mol. The quantitative estimate of drug-likeness (QED) is 0.383. The van der Waals surface area contributed by atoms with Gasteiger partial charge in [-0.1, -0.05) is 35.6 Å². The molecule has 0 aliphatic carbocycles. The van der Waals surface area contributed by atoms with Gasteiger partial charge < -0.3 is 24.4 Å². The summed E-state index contributed by atoms with van der Waals surface area (Å²) in [5.74, 6) is -1.20. The van der Waals surface area contributed by atoms with Gasteiger partial charge in [-0.25, -0.2) is 0 Å². The van der Waals surface area contributed by atoms with Gasteiger partial charge in [-0.05, 0) is 47.9 Å². The number of benzene rings is 2. The lowest BCUT2D eigenvalue weighted by Crippen LogP contribution is -3.14. The Balaban J connectivity index is 1.75. The zero-order valence-corrected chi connectivity index (χ0v) is 19.5. The molecule has 174 valence electrons. The van der Waals surface area contributed by atoms with Crippen LogP contribution in [0.3, 0.4) is 0 Å². The fourth-order valence-corrected chi connectivity index (χ4v) is 4.57. The third kappa shape index (κ3) is 4.76. The van der Waals surface area contributed by atoms with Crippen LogP contribution in [-0.2, 0) is 14.3 Å². The molecule has 2 aliphatic rings. The van der Waals surface area contributed by atoms with Crippen molar-refractivity contribution in [2.75, 3.05) is 46.5 Å².